The highest BCUT2D eigenvalue weighted by Gasteiger charge is 2.43. The molecule has 2 aliphatic carbocycles. The second kappa shape index (κ2) is 9.21. The van der Waals surface area contributed by atoms with Crippen LogP contribution < -0.4 is 10.2 Å². The average molecular weight is 467 g/mol. The van der Waals surface area contributed by atoms with Crippen molar-refractivity contribution in [3.05, 3.63) is 95.6 Å². The lowest BCUT2D eigenvalue weighted by Gasteiger charge is -2.37. The van der Waals surface area contributed by atoms with E-state index in [1.807, 2.05) is 71.6 Å². The van der Waals surface area contributed by atoms with Gasteiger partial charge in [0.05, 0.1) is 23.7 Å². The lowest BCUT2D eigenvalue weighted by molar-refractivity contribution is -0.123. The summed E-state index contributed by atoms with van der Waals surface area (Å²) in [6.45, 7) is 0. The third kappa shape index (κ3) is 3.99. The van der Waals surface area contributed by atoms with Gasteiger partial charge in [-0.2, -0.15) is 0 Å². The number of fused-ring (bicyclic) bond motifs is 1. The SMILES string of the molecule is O=C1CC(c2ccco2)CC2=C1C(c1ccccc1)N(C(=O)C1CCCCC1)c1ccccc1N2. The van der Waals surface area contributed by atoms with Gasteiger partial charge in [0.1, 0.15) is 5.76 Å². The van der Waals surface area contributed by atoms with Crippen molar-refractivity contribution in [1.29, 1.82) is 0 Å². The molecule has 0 radical (unpaired) electrons. The lowest BCUT2D eigenvalue weighted by Crippen LogP contribution is -2.42. The molecule has 2 heterocycles. The third-order valence-corrected chi connectivity index (χ3v) is 7.74. The van der Waals surface area contributed by atoms with Crippen LogP contribution in [0.4, 0.5) is 11.4 Å². The maximum atomic E-state index is 14.2. The number of furan rings is 1. The van der Waals surface area contributed by atoms with Gasteiger partial charge in [-0.15, -0.1) is 0 Å². The Kier molecular flexibility index (Phi) is 5.77. The Hall–Kier alpha value is -3.60. The molecular weight excluding hydrogens is 436 g/mol. The maximum absolute atomic E-state index is 14.2. The van der Waals surface area contributed by atoms with Gasteiger partial charge in [0.2, 0.25) is 5.91 Å². The van der Waals surface area contributed by atoms with Crippen LogP contribution in [0.2, 0.25) is 0 Å². The monoisotopic (exact) mass is 466 g/mol. The third-order valence-electron chi connectivity index (χ3n) is 7.74. The Bertz CT molecular complexity index is 1260. The second-order valence-electron chi connectivity index (χ2n) is 9.93. The number of hydrogen-bond donors (Lipinski definition) is 1. The molecule has 1 aliphatic heterocycles. The van der Waals surface area contributed by atoms with Crippen LogP contribution in [0, 0.1) is 5.92 Å². The van der Waals surface area contributed by atoms with Crippen molar-refractivity contribution in [3.8, 4) is 0 Å². The first-order valence-electron chi connectivity index (χ1n) is 12.7. The molecule has 0 saturated heterocycles. The number of allylic oxidation sites excluding steroid dienone is 1. The molecule has 2 aromatic carbocycles. The van der Waals surface area contributed by atoms with Crippen molar-refractivity contribution in [1.82, 2.24) is 0 Å². The van der Waals surface area contributed by atoms with Gasteiger partial charge < -0.3 is 9.73 Å². The van der Waals surface area contributed by atoms with Gasteiger partial charge in [-0.3, -0.25) is 14.5 Å². The number of amides is 1. The smallest absolute Gasteiger partial charge is 0.231 e. The van der Waals surface area contributed by atoms with Crippen molar-refractivity contribution >= 4 is 23.1 Å². The van der Waals surface area contributed by atoms with Crippen molar-refractivity contribution in [2.24, 2.45) is 5.92 Å². The van der Waals surface area contributed by atoms with Crippen LogP contribution >= 0.6 is 0 Å². The van der Waals surface area contributed by atoms with Crippen LogP contribution in [-0.4, -0.2) is 11.7 Å². The summed E-state index contributed by atoms with van der Waals surface area (Å²) >= 11 is 0. The molecule has 1 fully saturated rings. The lowest BCUT2D eigenvalue weighted by atomic mass is 9.79. The second-order valence-corrected chi connectivity index (χ2v) is 9.93. The van der Waals surface area contributed by atoms with E-state index in [1.54, 1.807) is 6.26 Å². The summed E-state index contributed by atoms with van der Waals surface area (Å²) in [6.07, 6.45) is 7.87. The minimum Gasteiger partial charge on any atom is -0.469 e. The fraction of sp³-hybridized carbons (Fsp3) is 0.333. The number of hydrogen-bond acceptors (Lipinski definition) is 4. The number of Topliss-reactive ketones (excluding diaryl/α,β-unsaturated/α-hetero) is 1. The normalized spacial score (nSPS) is 22.7. The minimum atomic E-state index is -0.457. The van der Waals surface area contributed by atoms with Gasteiger partial charge in [0, 0.05) is 29.5 Å². The van der Waals surface area contributed by atoms with Crippen LogP contribution in [0.1, 0.15) is 68.2 Å². The molecule has 178 valence electrons. The van der Waals surface area contributed by atoms with Crippen LogP contribution in [-0.2, 0) is 9.59 Å². The van der Waals surface area contributed by atoms with E-state index in [1.165, 1.54) is 6.42 Å². The zero-order valence-corrected chi connectivity index (χ0v) is 19.8. The molecule has 1 amide bonds. The predicted molar refractivity (Wildman–Crippen MR) is 136 cm³/mol. The highest BCUT2D eigenvalue weighted by atomic mass is 16.3. The standard InChI is InChI=1S/C30H30N2O3/c33-26-19-22(27-16-9-17-35-27)18-24-28(26)29(20-10-3-1-4-11-20)32(25-15-8-7-14-23(25)31-24)30(34)21-12-5-2-6-13-21/h1,3-4,7-11,14-17,21-22,29,31H,2,5-6,12-13,18-19H2. The summed E-state index contributed by atoms with van der Waals surface area (Å²) < 4.78 is 5.68. The van der Waals surface area contributed by atoms with E-state index in [0.717, 1.165) is 54.1 Å². The van der Waals surface area contributed by atoms with Crippen LogP contribution in [0.3, 0.4) is 0 Å². The Balaban J connectivity index is 1.53. The number of benzene rings is 2. The van der Waals surface area contributed by atoms with E-state index in [4.69, 9.17) is 4.42 Å². The number of anilines is 2. The van der Waals surface area contributed by atoms with Crippen LogP contribution in [0.5, 0.6) is 0 Å². The molecule has 0 spiro atoms. The van der Waals surface area contributed by atoms with Gasteiger partial charge in [0.25, 0.3) is 0 Å². The quantitative estimate of drug-likeness (QED) is 0.463. The van der Waals surface area contributed by atoms with Crippen molar-refractivity contribution in [2.45, 2.75) is 56.9 Å². The molecule has 3 aromatic rings. The molecule has 1 saturated carbocycles. The number of rotatable bonds is 3. The molecule has 1 aromatic heterocycles. The summed E-state index contributed by atoms with van der Waals surface area (Å²) in [6, 6.07) is 21.4. The summed E-state index contributed by atoms with van der Waals surface area (Å²) in [5.41, 5.74) is 4.28. The first kappa shape index (κ1) is 21.9. The average Bonchev–Trinajstić information content (AvgIpc) is 3.39. The molecule has 35 heavy (non-hydrogen) atoms. The summed E-state index contributed by atoms with van der Waals surface area (Å²) in [5.74, 6) is 0.994. The largest absolute Gasteiger partial charge is 0.469 e. The van der Waals surface area contributed by atoms with E-state index in [-0.39, 0.29) is 23.5 Å². The Morgan fingerprint density at radius 1 is 0.886 bits per heavy atom. The van der Waals surface area contributed by atoms with E-state index < -0.39 is 6.04 Å². The predicted octanol–water partition coefficient (Wildman–Crippen LogP) is 6.76. The van der Waals surface area contributed by atoms with E-state index in [2.05, 4.69) is 5.32 Å². The molecule has 5 nitrogen and oxygen atoms in total. The number of carbonyl (C=O) groups excluding carboxylic acids is 2. The maximum Gasteiger partial charge on any atom is 0.231 e. The summed E-state index contributed by atoms with van der Waals surface area (Å²) in [5, 5.41) is 3.59. The van der Waals surface area contributed by atoms with E-state index in [9.17, 15) is 9.59 Å². The van der Waals surface area contributed by atoms with Crippen molar-refractivity contribution < 1.29 is 14.0 Å². The van der Waals surface area contributed by atoms with Crippen molar-refractivity contribution in [3.63, 3.8) is 0 Å². The van der Waals surface area contributed by atoms with Gasteiger partial charge >= 0.3 is 0 Å². The molecule has 1 N–H and O–H groups in total. The molecule has 6 rings (SSSR count). The number of nitrogens with one attached hydrogen (secondary N) is 1. The fourth-order valence-electron chi connectivity index (χ4n) is 6.05. The van der Waals surface area contributed by atoms with Crippen molar-refractivity contribution in [2.75, 3.05) is 10.2 Å². The van der Waals surface area contributed by atoms with E-state index >= 15 is 0 Å². The summed E-state index contributed by atoms with van der Waals surface area (Å²) in [7, 11) is 0. The van der Waals surface area contributed by atoms with Crippen LogP contribution in [0.25, 0.3) is 0 Å². The Morgan fingerprint density at radius 3 is 2.43 bits per heavy atom. The first-order valence-corrected chi connectivity index (χ1v) is 12.7. The molecule has 5 heteroatoms. The molecular formula is C30H30N2O3. The number of nitrogens with zero attached hydrogens (tertiary/aromatic N) is 1. The van der Waals surface area contributed by atoms with Gasteiger partial charge in [-0.05, 0) is 49.1 Å². The van der Waals surface area contributed by atoms with Gasteiger partial charge in [0.15, 0.2) is 5.78 Å². The zero-order valence-electron chi connectivity index (χ0n) is 19.8. The van der Waals surface area contributed by atoms with Gasteiger partial charge in [-0.25, -0.2) is 0 Å². The van der Waals surface area contributed by atoms with Gasteiger partial charge in [-0.1, -0.05) is 61.7 Å². The number of carbonyl (C=O) groups is 2. The van der Waals surface area contributed by atoms with E-state index in [0.29, 0.717) is 18.4 Å². The number of para-hydroxylation sites is 2. The highest BCUT2D eigenvalue weighted by Crippen LogP contribution is 2.48. The Labute approximate surface area is 205 Å². The Morgan fingerprint density at radius 2 is 1.66 bits per heavy atom. The zero-order chi connectivity index (χ0) is 23.8. The highest BCUT2D eigenvalue weighted by molar-refractivity contribution is 6.07. The number of ketones is 1. The molecule has 2 unspecified atom stereocenters. The molecule has 2 atom stereocenters. The topological polar surface area (TPSA) is 62.6 Å². The minimum absolute atomic E-state index is 0.0141. The summed E-state index contributed by atoms with van der Waals surface area (Å²) in [4.78, 5) is 30.1. The molecule has 3 aliphatic rings. The first-order chi connectivity index (χ1) is 17.2. The fourth-order valence-corrected chi connectivity index (χ4v) is 6.05. The van der Waals surface area contributed by atoms with Crippen LogP contribution in [0.15, 0.2) is 88.7 Å². The molecule has 0 bridgehead atoms.